The predicted molar refractivity (Wildman–Crippen MR) is 87.0 cm³/mol. The van der Waals surface area contributed by atoms with Gasteiger partial charge in [-0.2, -0.15) is 5.10 Å². The van der Waals surface area contributed by atoms with Gasteiger partial charge in [0, 0.05) is 25.2 Å². The van der Waals surface area contributed by atoms with E-state index in [4.69, 9.17) is 0 Å². The topological polar surface area (TPSA) is 41.4 Å². The zero-order chi connectivity index (χ0) is 15.7. The maximum absolute atomic E-state index is 13.0. The van der Waals surface area contributed by atoms with Crippen molar-refractivity contribution >= 4 is 5.91 Å². The van der Waals surface area contributed by atoms with Gasteiger partial charge in [-0.25, -0.2) is 0 Å². The fraction of sp³-hybridized carbons (Fsp3) is 0.765. The molecular weight excluding hydrogens is 276 g/mol. The summed E-state index contributed by atoms with van der Waals surface area (Å²) in [6.45, 7) is 10.2. The van der Waals surface area contributed by atoms with Crippen molar-refractivity contribution in [2.24, 2.45) is 0 Å². The number of amides is 1. The Morgan fingerprint density at radius 1 is 1.18 bits per heavy atom. The Morgan fingerprint density at radius 2 is 1.91 bits per heavy atom. The molecule has 5 nitrogen and oxygen atoms in total. The summed E-state index contributed by atoms with van der Waals surface area (Å²) in [6, 6.07) is 2.87. The van der Waals surface area contributed by atoms with Crippen LogP contribution in [0.2, 0.25) is 0 Å². The number of likely N-dealkylation sites (N-methyl/N-ethyl adjacent to an activating group) is 1. The second kappa shape index (κ2) is 6.41. The quantitative estimate of drug-likeness (QED) is 0.857. The molecule has 0 saturated carbocycles. The van der Waals surface area contributed by atoms with Crippen LogP contribution in [0.3, 0.4) is 0 Å². The fourth-order valence-corrected chi connectivity index (χ4v) is 4.23. The summed E-state index contributed by atoms with van der Waals surface area (Å²) >= 11 is 0. The number of aromatic nitrogens is 2. The zero-order valence-corrected chi connectivity index (χ0v) is 14.1. The largest absolute Gasteiger partial charge is 0.333 e. The van der Waals surface area contributed by atoms with Gasteiger partial charge in [0.05, 0.1) is 5.69 Å². The van der Waals surface area contributed by atoms with E-state index in [1.54, 1.807) is 0 Å². The van der Waals surface area contributed by atoms with Gasteiger partial charge in [0.15, 0.2) is 0 Å². The number of carbonyl (C=O) groups is 1. The van der Waals surface area contributed by atoms with Crippen LogP contribution in [0.4, 0.5) is 0 Å². The lowest BCUT2D eigenvalue weighted by atomic mass is 10.0. The molecule has 0 radical (unpaired) electrons. The van der Waals surface area contributed by atoms with E-state index < -0.39 is 0 Å². The third-order valence-electron chi connectivity index (χ3n) is 5.25. The molecule has 2 atom stereocenters. The predicted octanol–water partition coefficient (Wildman–Crippen LogP) is 2.30. The molecule has 2 aliphatic rings. The molecule has 5 heteroatoms. The molecule has 1 aromatic rings. The lowest BCUT2D eigenvalue weighted by Crippen LogP contribution is -2.48. The first-order valence-corrected chi connectivity index (χ1v) is 8.75. The Balaban J connectivity index is 1.82. The highest BCUT2D eigenvalue weighted by Crippen LogP contribution is 2.30. The van der Waals surface area contributed by atoms with Gasteiger partial charge in [-0.3, -0.25) is 14.4 Å². The molecule has 2 aliphatic heterocycles. The average Bonchev–Trinajstić information content (AvgIpc) is 3.23. The van der Waals surface area contributed by atoms with Crippen molar-refractivity contribution < 1.29 is 4.79 Å². The Morgan fingerprint density at radius 3 is 2.64 bits per heavy atom. The monoisotopic (exact) mass is 304 g/mol. The minimum absolute atomic E-state index is 0.174. The Kier molecular flexibility index (Phi) is 4.52. The molecule has 1 amide bonds. The average molecular weight is 304 g/mol. The van der Waals surface area contributed by atoms with Gasteiger partial charge in [0.25, 0.3) is 5.91 Å². The second-order valence-electron chi connectivity index (χ2n) is 6.53. The van der Waals surface area contributed by atoms with Gasteiger partial charge in [0.2, 0.25) is 0 Å². The number of hydrogen-bond acceptors (Lipinski definition) is 3. The van der Waals surface area contributed by atoms with Gasteiger partial charge in [0.1, 0.15) is 5.69 Å². The molecule has 2 fully saturated rings. The molecule has 0 aliphatic carbocycles. The van der Waals surface area contributed by atoms with Crippen molar-refractivity contribution in [1.82, 2.24) is 19.6 Å². The molecule has 3 rings (SSSR count). The number of hydrogen-bond donors (Lipinski definition) is 0. The van der Waals surface area contributed by atoms with Crippen LogP contribution < -0.4 is 0 Å². The molecule has 122 valence electrons. The van der Waals surface area contributed by atoms with E-state index in [0.29, 0.717) is 12.1 Å². The van der Waals surface area contributed by atoms with E-state index in [0.717, 1.165) is 43.9 Å². The molecule has 0 spiro atoms. The first kappa shape index (κ1) is 15.5. The second-order valence-corrected chi connectivity index (χ2v) is 6.53. The van der Waals surface area contributed by atoms with Crippen molar-refractivity contribution in [2.75, 3.05) is 19.6 Å². The Bertz CT molecular complexity index is 539. The smallest absolute Gasteiger partial charge is 0.272 e. The van der Waals surface area contributed by atoms with Crippen LogP contribution in [0.5, 0.6) is 0 Å². The third-order valence-corrected chi connectivity index (χ3v) is 5.25. The number of aryl methyl sites for hydroxylation is 2. The van der Waals surface area contributed by atoms with Crippen LogP contribution in [-0.4, -0.2) is 57.2 Å². The molecule has 2 saturated heterocycles. The number of nitrogens with zero attached hydrogens (tertiary/aromatic N) is 4. The van der Waals surface area contributed by atoms with Gasteiger partial charge >= 0.3 is 0 Å². The van der Waals surface area contributed by atoms with Crippen molar-refractivity contribution in [3.05, 3.63) is 17.5 Å². The van der Waals surface area contributed by atoms with E-state index in [9.17, 15) is 4.79 Å². The lowest BCUT2D eigenvalue weighted by Gasteiger charge is -2.34. The summed E-state index contributed by atoms with van der Waals surface area (Å²) in [5, 5.41) is 4.43. The summed E-state index contributed by atoms with van der Waals surface area (Å²) in [4.78, 5) is 17.7. The minimum atomic E-state index is 0.174. The van der Waals surface area contributed by atoms with Crippen molar-refractivity contribution in [1.29, 1.82) is 0 Å². The molecule has 3 heterocycles. The summed E-state index contributed by atoms with van der Waals surface area (Å²) in [5.41, 5.74) is 1.69. The summed E-state index contributed by atoms with van der Waals surface area (Å²) in [5.74, 6) is 0.174. The van der Waals surface area contributed by atoms with Crippen molar-refractivity contribution in [2.45, 2.75) is 65.1 Å². The maximum Gasteiger partial charge on any atom is 0.272 e. The number of rotatable bonds is 4. The minimum Gasteiger partial charge on any atom is -0.333 e. The van der Waals surface area contributed by atoms with Crippen LogP contribution in [0.25, 0.3) is 0 Å². The molecule has 22 heavy (non-hydrogen) atoms. The van der Waals surface area contributed by atoms with Crippen LogP contribution in [0, 0.1) is 6.92 Å². The molecule has 0 bridgehead atoms. The van der Waals surface area contributed by atoms with Crippen LogP contribution in [-0.2, 0) is 6.54 Å². The highest BCUT2D eigenvalue weighted by Gasteiger charge is 2.40. The highest BCUT2D eigenvalue weighted by atomic mass is 16.2. The van der Waals surface area contributed by atoms with Gasteiger partial charge in [-0.1, -0.05) is 6.92 Å². The number of carbonyl (C=O) groups excluding carboxylic acids is 1. The van der Waals surface area contributed by atoms with E-state index >= 15 is 0 Å². The summed E-state index contributed by atoms with van der Waals surface area (Å²) in [7, 11) is 0. The maximum atomic E-state index is 13.0. The standard InChI is InChI=1S/C17H28N4O/c1-4-19-10-6-8-14(19)15-9-7-11-20(15)17(22)16-12-13(3)18-21(16)5-2/h12,14-15H,4-11H2,1-3H3/t14-,15-/m0/s1. The molecular formula is C17H28N4O. The van der Waals surface area contributed by atoms with Gasteiger partial charge in [-0.15, -0.1) is 0 Å². The van der Waals surface area contributed by atoms with E-state index in [1.807, 2.05) is 24.6 Å². The van der Waals surface area contributed by atoms with Gasteiger partial charge in [-0.05, 0) is 58.7 Å². The van der Waals surface area contributed by atoms with E-state index in [2.05, 4.69) is 21.8 Å². The normalized spacial score (nSPS) is 26.0. The summed E-state index contributed by atoms with van der Waals surface area (Å²) < 4.78 is 1.85. The zero-order valence-electron chi connectivity index (χ0n) is 14.1. The van der Waals surface area contributed by atoms with Gasteiger partial charge < -0.3 is 4.90 Å². The van der Waals surface area contributed by atoms with Crippen molar-refractivity contribution in [3.63, 3.8) is 0 Å². The first-order valence-electron chi connectivity index (χ1n) is 8.75. The Labute approximate surface area is 133 Å². The molecule has 0 aromatic carbocycles. The highest BCUT2D eigenvalue weighted by molar-refractivity contribution is 5.93. The number of likely N-dealkylation sites (tertiary alicyclic amines) is 2. The lowest BCUT2D eigenvalue weighted by molar-refractivity contribution is 0.0637. The van der Waals surface area contributed by atoms with Crippen LogP contribution in [0.1, 0.15) is 55.7 Å². The molecule has 0 unspecified atom stereocenters. The molecule has 1 aromatic heterocycles. The van der Waals surface area contributed by atoms with E-state index in [-0.39, 0.29) is 5.91 Å². The van der Waals surface area contributed by atoms with Crippen LogP contribution >= 0.6 is 0 Å². The van der Waals surface area contributed by atoms with Crippen LogP contribution in [0.15, 0.2) is 6.07 Å². The van der Waals surface area contributed by atoms with E-state index in [1.165, 1.54) is 19.4 Å². The molecule has 0 N–H and O–H groups in total. The van der Waals surface area contributed by atoms with Crippen molar-refractivity contribution in [3.8, 4) is 0 Å². The SMILES string of the molecule is CCN1CCC[C@H]1[C@@H]1CCCN1C(=O)c1cc(C)nn1CC. The third kappa shape index (κ3) is 2.67. The fourth-order valence-electron chi connectivity index (χ4n) is 4.23. The Hall–Kier alpha value is -1.36. The first-order chi connectivity index (χ1) is 10.7. The summed E-state index contributed by atoms with van der Waals surface area (Å²) in [6.07, 6.45) is 4.77.